The summed E-state index contributed by atoms with van der Waals surface area (Å²) in [5.74, 6) is -0.432. The molecule has 2 aromatic carbocycles. The van der Waals surface area contributed by atoms with Crippen LogP contribution >= 0.6 is 11.6 Å². The molecule has 0 radical (unpaired) electrons. The van der Waals surface area contributed by atoms with Crippen molar-refractivity contribution in [3.63, 3.8) is 0 Å². The molecule has 1 N–H and O–H groups in total. The number of carbonyl (C=O) groups excluding carboxylic acids is 1. The minimum atomic E-state index is -0.261. The molecule has 3 nitrogen and oxygen atoms in total. The lowest BCUT2D eigenvalue weighted by molar-refractivity contribution is 0.0828. The van der Waals surface area contributed by atoms with Crippen molar-refractivity contribution in [2.75, 3.05) is 19.4 Å². The molecule has 110 valence electrons. The van der Waals surface area contributed by atoms with Gasteiger partial charge in [-0.25, -0.2) is 4.39 Å². The van der Waals surface area contributed by atoms with Crippen molar-refractivity contribution in [2.45, 2.75) is 6.54 Å². The molecule has 2 rings (SSSR count). The van der Waals surface area contributed by atoms with Crippen molar-refractivity contribution < 1.29 is 9.18 Å². The van der Waals surface area contributed by atoms with Crippen LogP contribution in [0.3, 0.4) is 0 Å². The Morgan fingerprint density at radius 3 is 2.62 bits per heavy atom. The first-order valence-corrected chi connectivity index (χ1v) is 6.85. The number of halogens is 2. The minimum Gasteiger partial charge on any atom is -0.381 e. The monoisotopic (exact) mass is 306 g/mol. The Kier molecular flexibility index (Phi) is 4.81. The molecule has 0 fully saturated rings. The van der Waals surface area contributed by atoms with Crippen molar-refractivity contribution in [3.05, 3.63) is 64.4 Å². The summed E-state index contributed by atoms with van der Waals surface area (Å²) in [6.45, 7) is 0.337. The summed E-state index contributed by atoms with van der Waals surface area (Å²) < 4.78 is 13.5. The molecule has 1 amide bonds. The van der Waals surface area contributed by atoms with Crippen molar-refractivity contribution in [1.82, 2.24) is 4.90 Å². The van der Waals surface area contributed by atoms with E-state index in [0.29, 0.717) is 28.4 Å². The molecule has 0 atom stereocenters. The van der Waals surface area contributed by atoms with Crippen LogP contribution in [0.25, 0.3) is 0 Å². The van der Waals surface area contributed by atoms with Crippen molar-refractivity contribution >= 4 is 23.2 Å². The Balaban J connectivity index is 2.16. The van der Waals surface area contributed by atoms with Crippen LogP contribution in [-0.2, 0) is 6.54 Å². The number of carbonyl (C=O) groups is 1. The number of hydrogen-bond acceptors (Lipinski definition) is 2. The van der Waals surface area contributed by atoms with E-state index in [1.807, 2.05) is 0 Å². The van der Waals surface area contributed by atoms with Gasteiger partial charge in [0, 0.05) is 31.9 Å². The lowest BCUT2D eigenvalue weighted by Crippen LogP contribution is -2.22. The van der Waals surface area contributed by atoms with E-state index in [2.05, 4.69) is 5.32 Å². The van der Waals surface area contributed by atoms with Gasteiger partial charge >= 0.3 is 0 Å². The molecule has 0 saturated carbocycles. The maximum absolute atomic E-state index is 13.5. The van der Waals surface area contributed by atoms with Gasteiger partial charge < -0.3 is 10.2 Å². The number of hydrogen-bond donors (Lipinski definition) is 1. The third-order valence-corrected chi connectivity index (χ3v) is 3.37. The summed E-state index contributed by atoms with van der Waals surface area (Å²) >= 11 is 6.04. The van der Waals surface area contributed by atoms with E-state index in [-0.39, 0.29) is 11.7 Å². The first-order valence-electron chi connectivity index (χ1n) is 6.47. The van der Waals surface area contributed by atoms with Gasteiger partial charge in [0.25, 0.3) is 5.91 Å². The van der Waals surface area contributed by atoms with E-state index >= 15 is 0 Å². The quantitative estimate of drug-likeness (QED) is 0.932. The average molecular weight is 307 g/mol. The molecule has 0 aromatic heterocycles. The van der Waals surface area contributed by atoms with E-state index in [0.717, 1.165) is 0 Å². The zero-order chi connectivity index (χ0) is 15.4. The molecule has 2 aromatic rings. The zero-order valence-electron chi connectivity index (χ0n) is 11.9. The van der Waals surface area contributed by atoms with Gasteiger partial charge in [-0.2, -0.15) is 0 Å². The molecule has 0 aliphatic heterocycles. The van der Waals surface area contributed by atoms with Crippen LogP contribution in [0.1, 0.15) is 15.9 Å². The number of anilines is 1. The van der Waals surface area contributed by atoms with Crippen molar-refractivity contribution in [2.24, 2.45) is 0 Å². The van der Waals surface area contributed by atoms with E-state index in [1.54, 1.807) is 50.5 Å². The van der Waals surface area contributed by atoms with Crippen LogP contribution in [-0.4, -0.2) is 24.9 Å². The summed E-state index contributed by atoms with van der Waals surface area (Å²) in [6, 6.07) is 11.6. The van der Waals surface area contributed by atoms with Gasteiger partial charge in [0.1, 0.15) is 5.82 Å². The molecule has 0 aliphatic carbocycles. The molecule has 21 heavy (non-hydrogen) atoms. The van der Waals surface area contributed by atoms with Crippen LogP contribution in [0.4, 0.5) is 10.1 Å². The van der Waals surface area contributed by atoms with Gasteiger partial charge in [-0.05, 0) is 24.3 Å². The molecule has 0 spiro atoms. The lowest BCUT2D eigenvalue weighted by Gasteiger charge is -2.14. The topological polar surface area (TPSA) is 32.3 Å². The normalized spacial score (nSPS) is 10.3. The lowest BCUT2D eigenvalue weighted by atomic mass is 10.1. The molecule has 0 unspecified atom stereocenters. The highest BCUT2D eigenvalue weighted by molar-refractivity contribution is 6.34. The SMILES string of the molecule is CN(C)C(=O)c1cc(NCc2ccccc2F)ccc1Cl. The van der Waals surface area contributed by atoms with Crippen LogP contribution in [0.2, 0.25) is 5.02 Å². The van der Waals surface area contributed by atoms with Gasteiger partial charge in [-0.1, -0.05) is 29.8 Å². The zero-order valence-corrected chi connectivity index (χ0v) is 12.6. The van der Waals surface area contributed by atoms with Gasteiger partial charge in [0.2, 0.25) is 0 Å². The summed E-state index contributed by atoms with van der Waals surface area (Å²) in [6.07, 6.45) is 0. The number of rotatable bonds is 4. The molecular formula is C16H16ClFN2O. The fourth-order valence-corrected chi connectivity index (χ4v) is 2.08. The summed E-state index contributed by atoms with van der Waals surface area (Å²) in [4.78, 5) is 13.5. The number of amides is 1. The van der Waals surface area contributed by atoms with E-state index in [9.17, 15) is 9.18 Å². The molecule has 5 heteroatoms. The van der Waals surface area contributed by atoms with Crippen LogP contribution in [0.5, 0.6) is 0 Å². The third kappa shape index (κ3) is 3.73. The van der Waals surface area contributed by atoms with E-state index < -0.39 is 0 Å². The maximum Gasteiger partial charge on any atom is 0.254 e. The number of nitrogens with one attached hydrogen (secondary N) is 1. The Hall–Kier alpha value is -2.07. The molecule has 0 heterocycles. The van der Waals surface area contributed by atoms with E-state index in [1.165, 1.54) is 11.0 Å². The number of nitrogens with zero attached hydrogens (tertiary/aromatic N) is 1. The Morgan fingerprint density at radius 2 is 1.95 bits per heavy atom. The predicted octanol–water partition coefficient (Wildman–Crippen LogP) is 3.79. The summed E-state index contributed by atoms with van der Waals surface area (Å²) in [5, 5.41) is 3.49. The average Bonchev–Trinajstić information content (AvgIpc) is 2.47. The summed E-state index contributed by atoms with van der Waals surface area (Å²) in [7, 11) is 3.33. The smallest absolute Gasteiger partial charge is 0.254 e. The van der Waals surface area contributed by atoms with E-state index in [4.69, 9.17) is 11.6 Å². The second kappa shape index (κ2) is 6.59. The fourth-order valence-electron chi connectivity index (χ4n) is 1.88. The first-order chi connectivity index (χ1) is 9.99. The van der Waals surface area contributed by atoms with Crippen LogP contribution < -0.4 is 5.32 Å². The second-order valence-corrected chi connectivity index (χ2v) is 5.25. The molecular weight excluding hydrogens is 291 g/mol. The van der Waals surface area contributed by atoms with Crippen LogP contribution in [0, 0.1) is 5.82 Å². The highest BCUT2D eigenvalue weighted by Gasteiger charge is 2.13. The van der Waals surface area contributed by atoms with Crippen molar-refractivity contribution in [1.29, 1.82) is 0 Å². The van der Waals surface area contributed by atoms with Crippen LogP contribution in [0.15, 0.2) is 42.5 Å². The maximum atomic E-state index is 13.5. The number of benzene rings is 2. The van der Waals surface area contributed by atoms with Gasteiger partial charge in [-0.15, -0.1) is 0 Å². The third-order valence-electron chi connectivity index (χ3n) is 3.04. The second-order valence-electron chi connectivity index (χ2n) is 4.84. The Labute approximate surface area is 128 Å². The largest absolute Gasteiger partial charge is 0.381 e. The standard InChI is InChI=1S/C16H16ClFN2O/c1-20(2)16(21)13-9-12(7-8-14(13)17)19-10-11-5-3-4-6-15(11)18/h3-9,19H,10H2,1-2H3. The van der Waals surface area contributed by atoms with Gasteiger partial charge in [0.05, 0.1) is 10.6 Å². The van der Waals surface area contributed by atoms with Gasteiger partial charge in [0.15, 0.2) is 0 Å². The van der Waals surface area contributed by atoms with Gasteiger partial charge in [-0.3, -0.25) is 4.79 Å². The highest BCUT2D eigenvalue weighted by Crippen LogP contribution is 2.22. The molecule has 0 aliphatic rings. The molecule has 0 saturated heterocycles. The minimum absolute atomic E-state index is 0.172. The van der Waals surface area contributed by atoms with Crippen molar-refractivity contribution in [3.8, 4) is 0 Å². The first kappa shape index (κ1) is 15.3. The fraction of sp³-hybridized carbons (Fsp3) is 0.188. The molecule has 0 bridgehead atoms. The summed E-state index contributed by atoms with van der Waals surface area (Å²) in [5.41, 5.74) is 1.70. The Morgan fingerprint density at radius 1 is 1.24 bits per heavy atom. The predicted molar refractivity (Wildman–Crippen MR) is 83.2 cm³/mol. The Bertz CT molecular complexity index is 658. The highest BCUT2D eigenvalue weighted by atomic mass is 35.5.